The van der Waals surface area contributed by atoms with Gasteiger partial charge in [-0.3, -0.25) is 0 Å². The summed E-state index contributed by atoms with van der Waals surface area (Å²) in [6.45, 7) is 2.29. The van der Waals surface area contributed by atoms with Crippen LogP contribution in [0.4, 0.5) is 0 Å². The van der Waals surface area contributed by atoms with Crippen LogP contribution in [0, 0.1) is 6.92 Å². The maximum absolute atomic E-state index is 2.50. The van der Waals surface area contributed by atoms with Gasteiger partial charge in [-0.2, -0.15) is 0 Å². The third-order valence-corrected chi connectivity index (χ3v) is 14.2. The highest BCUT2D eigenvalue weighted by molar-refractivity contribution is 6.11. The van der Waals surface area contributed by atoms with Crippen molar-refractivity contribution in [2.24, 2.45) is 0 Å². The molecule has 0 aliphatic rings. The molecule has 3 heterocycles. The first-order chi connectivity index (χ1) is 33.1. The highest BCUT2D eigenvalue weighted by atomic mass is 15.0. The number of aryl methyl sites for hydroxylation is 1. The summed E-state index contributed by atoms with van der Waals surface area (Å²) in [6, 6.07) is 85.1. The van der Waals surface area contributed by atoms with Crippen molar-refractivity contribution in [3.63, 3.8) is 0 Å². The molecule has 0 atom stereocenters. The van der Waals surface area contributed by atoms with Gasteiger partial charge in [-0.25, -0.2) is 0 Å². The second kappa shape index (κ2) is 15.9. The van der Waals surface area contributed by atoms with Crippen LogP contribution in [-0.2, 0) is 19.3 Å². The Morgan fingerprint density at radius 1 is 0.254 bits per heavy atom. The van der Waals surface area contributed by atoms with Gasteiger partial charge in [0.1, 0.15) is 0 Å². The van der Waals surface area contributed by atoms with Crippen molar-refractivity contribution in [2.45, 2.75) is 26.2 Å². The molecule has 0 saturated heterocycles. The van der Waals surface area contributed by atoms with Gasteiger partial charge in [0.15, 0.2) is 0 Å². The van der Waals surface area contributed by atoms with E-state index < -0.39 is 0 Å². The molecular formula is C64H47N3. The number of aromatic nitrogens is 3. The first-order valence-corrected chi connectivity index (χ1v) is 23.5. The molecule has 0 radical (unpaired) electrons. The van der Waals surface area contributed by atoms with Crippen molar-refractivity contribution in [3.8, 4) is 17.1 Å². The molecule has 3 heteroatoms. The quantitative estimate of drug-likeness (QED) is 0.137. The third-order valence-electron chi connectivity index (χ3n) is 14.2. The summed E-state index contributed by atoms with van der Waals surface area (Å²) in [5, 5.41) is 7.69. The predicted octanol–water partition coefficient (Wildman–Crippen LogP) is 16.1. The zero-order chi connectivity index (χ0) is 44.4. The summed E-state index contributed by atoms with van der Waals surface area (Å²) in [7, 11) is 0. The number of rotatable bonds is 9. The fourth-order valence-corrected chi connectivity index (χ4v) is 10.9. The number of hydrogen-bond acceptors (Lipinski definition) is 0. The Hall–Kier alpha value is -8.40. The van der Waals surface area contributed by atoms with Crippen molar-refractivity contribution in [1.82, 2.24) is 13.7 Å². The van der Waals surface area contributed by atoms with Gasteiger partial charge in [0, 0.05) is 49.4 Å². The molecule has 67 heavy (non-hydrogen) atoms. The first kappa shape index (κ1) is 39.0. The van der Waals surface area contributed by atoms with Gasteiger partial charge in [0.2, 0.25) is 0 Å². The summed E-state index contributed by atoms with van der Waals surface area (Å²) in [4.78, 5) is 0. The second-order valence-corrected chi connectivity index (χ2v) is 18.2. The number of nitrogens with zero attached hydrogens (tertiary/aromatic N) is 3. The lowest BCUT2D eigenvalue weighted by atomic mass is 9.89. The molecule has 0 N–H and O–H groups in total. The van der Waals surface area contributed by atoms with Crippen LogP contribution in [0.25, 0.3) is 82.5 Å². The Kier molecular flexibility index (Phi) is 9.28. The molecule has 0 amide bonds. The molecule has 0 aliphatic heterocycles. The number of para-hydroxylation sites is 6. The molecule has 3 nitrogen and oxygen atoms in total. The van der Waals surface area contributed by atoms with E-state index >= 15 is 0 Å². The van der Waals surface area contributed by atoms with Gasteiger partial charge < -0.3 is 13.7 Å². The van der Waals surface area contributed by atoms with E-state index in [1.54, 1.807) is 0 Å². The summed E-state index contributed by atoms with van der Waals surface area (Å²) in [5.74, 6) is 0. The maximum atomic E-state index is 2.50. The Balaban J connectivity index is 0.849. The lowest BCUT2D eigenvalue weighted by molar-refractivity contribution is 1.04. The van der Waals surface area contributed by atoms with Gasteiger partial charge >= 0.3 is 0 Å². The minimum atomic E-state index is 0.849. The fraction of sp³-hybridized carbons (Fsp3) is 0.0625. The minimum Gasteiger partial charge on any atom is -0.309 e. The van der Waals surface area contributed by atoms with Crippen LogP contribution in [0.3, 0.4) is 0 Å². The van der Waals surface area contributed by atoms with Crippen LogP contribution in [0.2, 0.25) is 0 Å². The molecule has 13 aromatic rings. The molecular weight excluding hydrogens is 811 g/mol. The second-order valence-electron chi connectivity index (χ2n) is 18.2. The van der Waals surface area contributed by atoms with E-state index in [9.17, 15) is 0 Å². The van der Waals surface area contributed by atoms with Crippen LogP contribution < -0.4 is 0 Å². The van der Waals surface area contributed by atoms with Gasteiger partial charge in [0.25, 0.3) is 0 Å². The molecule has 0 spiro atoms. The zero-order valence-corrected chi connectivity index (χ0v) is 37.4. The molecule has 0 unspecified atom stereocenters. The van der Waals surface area contributed by atoms with E-state index in [1.807, 2.05) is 0 Å². The van der Waals surface area contributed by atoms with Crippen molar-refractivity contribution in [1.29, 1.82) is 0 Å². The van der Waals surface area contributed by atoms with E-state index in [-0.39, 0.29) is 0 Å². The molecule has 10 aromatic carbocycles. The molecule has 13 rings (SSSR count). The molecule has 0 aliphatic carbocycles. The smallest absolute Gasteiger partial charge is 0.0541 e. The molecule has 3 aromatic heterocycles. The van der Waals surface area contributed by atoms with Gasteiger partial charge in [-0.1, -0.05) is 158 Å². The molecule has 0 bridgehead atoms. The van der Waals surface area contributed by atoms with Gasteiger partial charge in [-0.15, -0.1) is 0 Å². The van der Waals surface area contributed by atoms with Crippen LogP contribution in [0.1, 0.15) is 38.9 Å². The standard InChI is InChI=1S/C64H47N3/c1-43-38-48(40-45-28-34-51(35-29-45)66-61-22-10-4-16-55(61)56-17-5-11-23-62(56)66)49(41-46-30-36-52(37-31-46)67-63-24-12-6-18-57(63)58-19-7-13-25-64(58)67)42-47(43)39-44-26-32-50(33-27-44)65-59-20-8-2-14-53(59)54-15-3-9-21-60(54)65/h2-38,42H,39-41H2,1H3. The molecule has 318 valence electrons. The average Bonchev–Trinajstić information content (AvgIpc) is 4.02. The SMILES string of the molecule is Cc1cc(Cc2ccc(-n3c4ccccc4c4ccccc43)cc2)c(Cc2ccc(-n3c4ccccc4c4ccccc43)cc2)cc1Cc1ccc(-n2c3ccccc3c3ccccc32)cc1. The molecule has 0 fully saturated rings. The number of benzene rings is 10. The first-order valence-electron chi connectivity index (χ1n) is 23.5. The number of hydrogen-bond donors (Lipinski definition) is 0. The summed E-state index contributed by atoms with van der Waals surface area (Å²) < 4.78 is 7.20. The van der Waals surface area contributed by atoms with E-state index in [0.29, 0.717) is 0 Å². The lowest BCUT2D eigenvalue weighted by Gasteiger charge is -2.17. The van der Waals surface area contributed by atoms with E-state index in [2.05, 4.69) is 251 Å². The van der Waals surface area contributed by atoms with Crippen LogP contribution in [0.15, 0.2) is 231 Å². The summed E-state index contributed by atoms with van der Waals surface area (Å²) >= 11 is 0. The zero-order valence-electron chi connectivity index (χ0n) is 37.4. The average molecular weight is 858 g/mol. The predicted molar refractivity (Wildman–Crippen MR) is 282 cm³/mol. The van der Waals surface area contributed by atoms with Crippen molar-refractivity contribution >= 4 is 65.4 Å². The highest BCUT2D eigenvalue weighted by Crippen LogP contribution is 2.36. The Bertz CT molecular complexity index is 3830. The fourth-order valence-electron chi connectivity index (χ4n) is 10.9. The van der Waals surface area contributed by atoms with Crippen LogP contribution >= 0.6 is 0 Å². The van der Waals surface area contributed by atoms with Crippen molar-refractivity contribution in [3.05, 3.63) is 269 Å². The Morgan fingerprint density at radius 2 is 0.493 bits per heavy atom. The van der Waals surface area contributed by atoms with Crippen molar-refractivity contribution in [2.75, 3.05) is 0 Å². The Morgan fingerprint density at radius 3 is 0.776 bits per heavy atom. The monoisotopic (exact) mass is 857 g/mol. The van der Waals surface area contributed by atoms with Gasteiger partial charge in [-0.05, 0) is 138 Å². The summed E-state index contributed by atoms with van der Waals surface area (Å²) in [5.41, 5.74) is 20.3. The van der Waals surface area contributed by atoms with Gasteiger partial charge in [0.05, 0.1) is 33.1 Å². The maximum Gasteiger partial charge on any atom is 0.0541 e. The van der Waals surface area contributed by atoms with E-state index in [4.69, 9.17) is 0 Å². The minimum absolute atomic E-state index is 0.849. The lowest BCUT2D eigenvalue weighted by Crippen LogP contribution is -2.03. The highest BCUT2D eigenvalue weighted by Gasteiger charge is 2.16. The summed E-state index contributed by atoms with van der Waals surface area (Å²) in [6.07, 6.45) is 2.58. The Labute approximate surface area is 390 Å². The van der Waals surface area contributed by atoms with E-state index in [1.165, 1.54) is 121 Å². The number of fused-ring (bicyclic) bond motifs is 9. The largest absolute Gasteiger partial charge is 0.309 e. The van der Waals surface area contributed by atoms with Crippen LogP contribution in [0.5, 0.6) is 0 Å². The van der Waals surface area contributed by atoms with E-state index in [0.717, 1.165) is 19.3 Å². The van der Waals surface area contributed by atoms with Crippen LogP contribution in [-0.4, -0.2) is 13.7 Å². The van der Waals surface area contributed by atoms with Crippen molar-refractivity contribution < 1.29 is 0 Å². The topological polar surface area (TPSA) is 14.8 Å². The normalized spacial score (nSPS) is 11.8. The molecule has 0 saturated carbocycles. The third kappa shape index (κ3) is 6.65.